The van der Waals surface area contributed by atoms with Gasteiger partial charge >= 0.3 is 6.03 Å². The Hall–Kier alpha value is -0.840. The van der Waals surface area contributed by atoms with Crippen LogP contribution in [0.2, 0.25) is 0 Å². The van der Waals surface area contributed by atoms with Crippen molar-refractivity contribution in [3.63, 3.8) is 0 Å². The molecular weight excluding hydrogens is 246 g/mol. The van der Waals surface area contributed by atoms with Crippen molar-refractivity contribution in [2.45, 2.75) is 45.1 Å². The Morgan fingerprint density at radius 3 is 2.67 bits per heavy atom. The van der Waals surface area contributed by atoms with E-state index in [2.05, 4.69) is 6.92 Å². The first kappa shape index (κ1) is 13.6. The summed E-state index contributed by atoms with van der Waals surface area (Å²) in [5.74, 6) is 0.607. The predicted octanol–water partition coefficient (Wildman–Crippen LogP) is 1.98. The summed E-state index contributed by atoms with van der Waals surface area (Å²) in [6.07, 6.45) is 5.43. The van der Waals surface area contributed by atoms with E-state index in [0.717, 1.165) is 45.3 Å². The summed E-state index contributed by atoms with van der Waals surface area (Å²) < 4.78 is 0. The topological polar surface area (TPSA) is 49.6 Å². The molecule has 0 bridgehead atoms. The fourth-order valence-electron chi connectivity index (χ4n) is 3.00. The summed E-state index contributed by atoms with van der Waals surface area (Å²) >= 11 is 5.10. The van der Waals surface area contributed by atoms with Crippen molar-refractivity contribution in [2.24, 2.45) is 11.7 Å². The molecule has 0 aromatic heterocycles. The van der Waals surface area contributed by atoms with Crippen molar-refractivity contribution in [1.29, 1.82) is 0 Å². The molecule has 18 heavy (non-hydrogen) atoms. The Morgan fingerprint density at radius 1 is 1.22 bits per heavy atom. The van der Waals surface area contributed by atoms with E-state index >= 15 is 0 Å². The average Bonchev–Trinajstić information content (AvgIpc) is 2.38. The van der Waals surface area contributed by atoms with Crippen LogP contribution in [0.15, 0.2) is 0 Å². The standard InChI is InChI=1S/C13H23N3OS/c1-10-5-4-7-15(9-10)13(17)16-8-3-2-6-11(16)12(14)18/h10-11H,2-9H2,1H3,(H2,14,18). The van der Waals surface area contributed by atoms with Gasteiger partial charge in [0.2, 0.25) is 0 Å². The first-order chi connectivity index (χ1) is 8.59. The molecule has 2 N–H and O–H groups in total. The normalized spacial score (nSPS) is 29.2. The number of hydrogen-bond donors (Lipinski definition) is 1. The second-order valence-corrected chi connectivity index (χ2v) is 6.05. The second kappa shape index (κ2) is 5.87. The molecule has 2 aliphatic heterocycles. The number of carbonyl (C=O) groups excluding carboxylic acids is 1. The van der Waals surface area contributed by atoms with Gasteiger partial charge in [0, 0.05) is 19.6 Å². The van der Waals surface area contributed by atoms with Gasteiger partial charge in [-0.1, -0.05) is 19.1 Å². The molecule has 4 nitrogen and oxygen atoms in total. The van der Waals surface area contributed by atoms with Crippen molar-refractivity contribution in [1.82, 2.24) is 9.80 Å². The zero-order valence-corrected chi connectivity index (χ0v) is 11.9. The van der Waals surface area contributed by atoms with Crippen LogP contribution in [-0.4, -0.2) is 46.5 Å². The monoisotopic (exact) mass is 269 g/mol. The number of nitrogens with two attached hydrogens (primary N) is 1. The molecule has 0 aromatic rings. The third-order valence-electron chi connectivity index (χ3n) is 4.00. The van der Waals surface area contributed by atoms with Crippen molar-refractivity contribution in [2.75, 3.05) is 19.6 Å². The SMILES string of the molecule is CC1CCCN(C(=O)N2CCCCC2C(N)=S)C1. The first-order valence-corrected chi connectivity index (χ1v) is 7.35. The summed E-state index contributed by atoms with van der Waals surface area (Å²) in [6.45, 7) is 4.76. The van der Waals surface area contributed by atoms with Crippen LogP contribution in [0.4, 0.5) is 4.79 Å². The summed E-state index contributed by atoms with van der Waals surface area (Å²) in [5.41, 5.74) is 5.77. The molecule has 2 amide bonds. The first-order valence-electron chi connectivity index (χ1n) is 6.94. The number of rotatable bonds is 1. The smallest absolute Gasteiger partial charge is 0.320 e. The lowest BCUT2D eigenvalue weighted by atomic mass is 9.99. The molecule has 2 fully saturated rings. The highest BCUT2D eigenvalue weighted by Crippen LogP contribution is 2.22. The van der Waals surface area contributed by atoms with Gasteiger partial charge in [-0.2, -0.15) is 0 Å². The number of thiocarbonyl (C=S) groups is 1. The van der Waals surface area contributed by atoms with Crippen LogP contribution in [0.5, 0.6) is 0 Å². The Balaban J connectivity index is 2.03. The number of amides is 2. The minimum absolute atomic E-state index is 0.0292. The molecule has 102 valence electrons. The van der Waals surface area contributed by atoms with E-state index in [4.69, 9.17) is 18.0 Å². The quantitative estimate of drug-likeness (QED) is 0.741. The van der Waals surface area contributed by atoms with E-state index in [9.17, 15) is 4.79 Å². The van der Waals surface area contributed by atoms with Gasteiger partial charge in [0.15, 0.2) is 0 Å². The largest absolute Gasteiger partial charge is 0.392 e. The van der Waals surface area contributed by atoms with Gasteiger partial charge in [0.25, 0.3) is 0 Å². The zero-order valence-electron chi connectivity index (χ0n) is 11.1. The zero-order chi connectivity index (χ0) is 13.1. The Bertz CT molecular complexity index is 334. The van der Waals surface area contributed by atoms with E-state index in [1.165, 1.54) is 6.42 Å². The molecule has 2 unspecified atom stereocenters. The van der Waals surface area contributed by atoms with Crippen molar-refractivity contribution in [3.8, 4) is 0 Å². The molecular formula is C13H23N3OS. The van der Waals surface area contributed by atoms with E-state index in [1.54, 1.807) is 0 Å². The summed E-state index contributed by atoms with van der Waals surface area (Å²) in [4.78, 5) is 16.9. The second-order valence-electron chi connectivity index (χ2n) is 5.58. The molecule has 5 heteroatoms. The molecule has 2 aliphatic rings. The van der Waals surface area contributed by atoms with Crippen LogP contribution in [0.25, 0.3) is 0 Å². The molecule has 2 atom stereocenters. The van der Waals surface area contributed by atoms with Crippen LogP contribution in [0.1, 0.15) is 39.0 Å². The van der Waals surface area contributed by atoms with Crippen LogP contribution >= 0.6 is 12.2 Å². The molecule has 0 radical (unpaired) electrons. The number of piperidine rings is 2. The number of carbonyl (C=O) groups is 1. The van der Waals surface area contributed by atoms with Gasteiger partial charge in [-0.15, -0.1) is 0 Å². The molecule has 0 spiro atoms. The molecule has 0 saturated carbocycles. The lowest BCUT2D eigenvalue weighted by Gasteiger charge is -2.40. The van der Waals surface area contributed by atoms with Gasteiger partial charge in [0.05, 0.1) is 11.0 Å². The lowest BCUT2D eigenvalue weighted by molar-refractivity contribution is 0.114. The summed E-state index contributed by atoms with van der Waals surface area (Å²) in [6, 6.07) is 0.109. The third kappa shape index (κ3) is 2.94. The molecule has 0 aliphatic carbocycles. The summed E-state index contributed by atoms with van der Waals surface area (Å²) in [5, 5.41) is 0. The van der Waals surface area contributed by atoms with Gasteiger partial charge < -0.3 is 15.5 Å². The highest BCUT2D eigenvalue weighted by molar-refractivity contribution is 7.80. The van der Waals surface area contributed by atoms with Gasteiger partial charge in [-0.25, -0.2) is 4.79 Å². The predicted molar refractivity (Wildman–Crippen MR) is 76.5 cm³/mol. The van der Waals surface area contributed by atoms with Gasteiger partial charge in [-0.05, 0) is 38.0 Å². The minimum atomic E-state index is -0.0292. The highest BCUT2D eigenvalue weighted by Gasteiger charge is 2.32. The molecule has 2 saturated heterocycles. The van der Waals surface area contributed by atoms with E-state index < -0.39 is 0 Å². The Kier molecular flexibility index (Phi) is 4.43. The molecule has 2 heterocycles. The van der Waals surface area contributed by atoms with Crippen molar-refractivity contribution >= 4 is 23.2 Å². The highest BCUT2D eigenvalue weighted by atomic mass is 32.1. The van der Waals surface area contributed by atoms with Gasteiger partial charge in [-0.3, -0.25) is 0 Å². The maximum absolute atomic E-state index is 12.6. The minimum Gasteiger partial charge on any atom is -0.392 e. The van der Waals surface area contributed by atoms with Crippen molar-refractivity contribution < 1.29 is 4.79 Å². The third-order valence-corrected chi connectivity index (χ3v) is 4.28. The molecule has 2 rings (SSSR count). The fourth-order valence-corrected chi connectivity index (χ4v) is 3.25. The maximum Gasteiger partial charge on any atom is 0.320 e. The lowest BCUT2D eigenvalue weighted by Crippen LogP contribution is -2.55. The van der Waals surface area contributed by atoms with E-state index in [1.807, 2.05) is 9.80 Å². The van der Waals surface area contributed by atoms with Gasteiger partial charge in [0.1, 0.15) is 0 Å². The van der Waals surface area contributed by atoms with Crippen LogP contribution in [0.3, 0.4) is 0 Å². The number of urea groups is 1. The number of hydrogen-bond acceptors (Lipinski definition) is 2. The van der Waals surface area contributed by atoms with Crippen LogP contribution in [0, 0.1) is 5.92 Å². The number of nitrogens with zero attached hydrogens (tertiary/aromatic N) is 2. The van der Waals surface area contributed by atoms with E-state index in [-0.39, 0.29) is 12.1 Å². The van der Waals surface area contributed by atoms with Crippen LogP contribution in [-0.2, 0) is 0 Å². The Labute approximate surface area is 114 Å². The maximum atomic E-state index is 12.6. The van der Waals surface area contributed by atoms with E-state index in [0.29, 0.717) is 10.9 Å². The van der Waals surface area contributed by atoms with Crippen LogP contribution < -0.4 is 5.73 Å². The van der Waals surface area contributed by atoms with Crippen molar-refractivity contribution in [3.05, 3.63) is 0 Å². The molecule has 0 aromatic carbocycles. The number of likely N-dealkylation sites (tertiary alicyclic amines) is 2. The summed E-state index contributed by atoms with van der Waals surface area (Å²) in [7, 11) is 0. The average molecular weight is 269 g/mol. The Morgan fingerprint density at radius 2 is 2.00 bits per heavy atom. The fraction of sp³-hybridized carbons (Fsp3) is 0.846.